The maximum absolute atomic E-state index is 14.2. The zero-order valence-corrected chi connectivity index (χ0v) is 21.9. The van der Waals surface area contributed by atoms with Crippen LogP contribution in [-0.2, 0) is 19.3 Å². The number of ether oxygens (including phenoxy) is 1. The highest BCUT2D eigenvalue weighted by atomic mass is 32.2. The predicted octanol–water partition coefficient (Wildman–Crippen LogP) is 2.51. The molecule has 2 aromatic heterocycles. The third kappa shape index (κ3) is 4.42. The molecule has 0 spiro atoms. The molecule has 3 aromatic rings. The third-order valence-electron chi connectivity index (χ3n) is 6.90. The van der Waals surface area contributed by atoms with Gasteiger partial charge in [0.2, 0.25) is 0 Å². The highest BCUT2D eigenvalue weighted by Gasteiger charge is 2.59. The van der Waals surface area contributed by atoms with E-state index in [0.717, 1.165) is 5.56 Å². The highest BCUT2D eigenvalue weighted by molar-refractivity contribution is 7.92. The lowest BCUT2D eigenvalue weighted by Crippen LogP contribution is -2.44. The second kappa shape index (κ2) is 9.38. The van der Waals surface area contributed by atoms with Gasteiger partial charge in [0.15, 0.2) is 15.7 Å². The Kier molecular flexibility index (Phi) is 6.36. The average molecular weight is 523 g/mol. The summed E-state index contributed by atoms with van der Waals surface area (Å²) < 4.78 is 32.7. The van der Waals surface area contributed by atoms with E-state index in [9.17, 15) is 13.2 Å². The fourth-order valence-electron chi connectivity index (χ4n) is 4.61. The van der Waals surface area contributed by atoms with Crippen LogP contribution in [0.25, 0.3) is 11.4 Å². The molecule has 5 rings (SSSR count). The van der Waals surface area contributed by atoms with Crippen molar-refractivity contribution in [2.75, 3.05) is 44.5 Å². The maximum atomic E-state index is 14.2. The molecule has 0 radical (unpaired) electrons. The molecule has 1 aromatic carbocycles. The van der Waals surface area contributed by atoms with Crippen LogP contribution in [0.15, 0.2) is 53.6 Å². The standard InChI is InChI=1S/C26H30N6O4S/c1-17-16-36-14-13-32(17)22-15-21(29-24(30-22)18-6-8-19(27)9-7-18)26(10-11-26)37(34,35)20-5-4-12-28-23(20)25(33)31(2)3/h4-9,12,15,17H,10-11,13-14,16,27H2,1-3H3/t17-/m0/s1. The molecule has 2 N–H and O–H groups in total. The molecular weight excluding hydrogens is 492 g/mol. The van der Waals surface area contributed by atoms with Crippen molar-refractivity contribution >= 4 is 27.2 Å². The summed E-state index contributed by atoms with van der Waals surface area (Å²) in [5.41, 5.74) is 7.55. The minimum Gasteiger partial charge on any atom is -0.399 e. The van der Waals surface area contributed by atoms with Crippen LogP contribution in [0.2, 0.25) is 0 Å². The molecular formula is C26H30N6O4S. The van der Waals surface area contributed by atoms with E-state index in [1.807, 2.05) is 19.1 Å². The highest BCUT2D eigenvalue weighted by Crippen LogP contribution is 2.55. The number of anilines is 2. The summed E-state index contributed by atoms with van der Waals surface area (Å²) in [6.07, 6.45) is 2.20. The van der Waals surface area contributed by atoms with E-state index in [0.29, 0.717) is 55.6 Å². The Morgan fingerprint density at radius 1 is 1.16 bits per heavy atom. The van der Waals surface area contributed by atoms with Gasteiger partial charge in [-0.2, -0.15) is 0 Å². The normalized spacial score (nSPS) is 18.9. The zero-order chi connectivity index (χ0) is 26.4. The van der Waals surface area contributed by atoms with E-state index < -0.39 is 20.5 Å². The first-order valence-electron chi connectivity index (χ1n) is 12.2. The van der Waals surface area contributed by atoms with Crippen LogP contribution >= 0.6 is 0 Å². The summed E-state index contributed by atoms with van der Waals surface area (Å²) in [5.74, 6) is 0.594. The number of hydrogen-bond acceptors (Lipinski definition) is 9. The summed E-state index contributed by atoms with van der Waals surface area (Å²) in [4.78, 5) is 29.9. The van der Waals surface area contributed by atoms with Gasteiger partial charge < -0.3 is 20.3 Å². The first-order chi connectivity index (χ1) is 17.6. The van der Waals surface area contributed by atoms with Gasteiger partial charge in [0.25, 0.3) is 5.91 Å². The van der Waals surface area contributed by atoms with Crippen LogP contribution in [0, 0.1) is 0 Å². The monoisotopic (exact) mass is 522 g/mol. The number of benzene rings is 1. The molecule has 194 valence electrons. The molecule has 10 nitrogen and oxygen atoms in total. The first kappa shape index (κ1) is 25.1. The number of sulfone groups is 1. The number of nitrogens with two attached hydrogens (primary N) is 1. The first-order valence-corrected chi connectivity index (χ1v) is 13.6. The second-order valence-electron chi connectivity index (χ2n) is 9.72. The minimum atomic E-state index is -4.02. The lowest BCUT2D eigenvalue weighted by atomic mass is 10.1. The van der Waals surface area contributed by atoms with Crippen molar-refractivity contribution in [1.29, 1.82) is 0 Å². The van der Waals surface area contributed by atoms with E-state index in [-0.39, 0.29) is 16.6 Å². The Bertz CT molecular complexity index is 1440. The van der Waals surface area contributed by atoms with Crippen molar-refractivity contribution < 1.29 is 17.9 Å². The fourth-order valence-corrected chi connectivity index (χ4v) is 6.70. The van der Waals surface area contributed by atoms with Gasteiger partial charge in [0, 0.05) is 44.2 Å². The smallest absolute Gasteiger partial charge is 0.273 e. The van der Waals surface area contributed by atoms with E-state index >= 15 is 0 Å². The Labute approximate surface area is 216 Å². The minimum absolute atomic E-state index is 0.0603. The Morgan fingerprint density at radius 2 is 1.89 bits per heavy atom. The number of nitrogen functional groups attached to an aromatic ring is 1. The average Bonchev–Trinajstić information content (AvgIpc) is 3.71. The molecule has 1 aliphatic carbocycles. The summed E-state index contributed by atoms with van der Waals surface area (Å²) in [7, 11) is -0.882. The molecule has 1 atom stereocenters. The van der Waals surface area contributed by atoms with Crippen molar-refractivity contribution in [1.82, 2.24) is 19.9 Å². The van der Waals surface area contributed by atoms with Crippen LogP contribution in [0.5, 0.6) is 0 Å². The van der Waals surface area contributed by atoms with Crippen LogP contribution in [0.3, 0.4) is 0 Å². The van der Waals surface area contributed by atoms with Crippen molar-refractivity contribution in [3.05, 3.63) is 60.0 Å². The molecule has 0 bridgehead atoms. The number of nitrogens with zero attached hydrogens (tertiary/aromatic N) is 5. The van der Waals surface area contributed by atoms with Gasteiger partial charge in [-0.25, -0.2) is 23.4 Å². The van der Waals surface area contributed by atoms with Gasteiger partial charge in [0.1, 0.15) is 16.3 Å². The van der Waals surface area contributed by atoms with Crippen LogP contribution in [0.1, 0.15) is 35.9 Å². The number of hydrogen-bond donors (Lipinski definition) is 1. The van der Waals surface area contributed by atoms with Crippen molar-refractivity contribution in [3.63, 3.8) is 0 Å². The van der Waals surface area contributed by atoms with Crippen molar-refractivity contribution in [3.8, 4) is 11.4 Å². The number of carbonyl (C=O) groups excluding carboxylic acids is 1. The summed E-state index contributed by atoms with van der Waals surface area (Å²) in [5, 5.41) is 0. The molecule has 37 heavy (non-hydrogen) atoms. The van der Waals surface area contributed by atoms with E-state index in [4.69, 9.17) is 20.4 Å². The molecule has 2 fully saturated rings. The molecule has 3 heterocycles. The van der Waals surface area contributed by atoms with Crippen LogP contribution in [0.4, 0.5) is 11.5 Å². The lowest BCUT2D eigenvalue weighted by Gasteiger charge is -2.34. The molecule has 11 heteroatoms. The molecule has 1 amide bonds. The van der Waals surface area contributed by atoms with Crippen LogP contribution < -0.4 is 10.6 Å². The number of amides is 1. The van der Waals surface area contributed by atoms with E-state index in [1.54, 1.807) is 32.3 Å². The number of morpholine rings is 1. The van der Waals surface area contributed by atoms with Gasteiger partial charge in [-0.1, -0.05) is 0 Å². The molecule has 1 aliphatic heterocycles. The predicted molar refractivity (Wildman–Crippen MR) is 140 cm³/mol. The summed E-state index contributed by atoms with van der Waals surface area (Å²) in [6.45, 7) is 3.77. The Morgan fingerprint density at radius 3 is 2.54 bits per heavy atom. The topological polar surface area (TPSA) is 132 Å². The number of pyridine rings is 1. The Balaban J connectivity index is 1.66. The number of carbonyl (C=O) groups is 1. The fraction of sp³-hybridized carbons (Fsp3) is 0.385. The molecule has 1 saturated carbocycles. The van der Waals surface area contributed by atoms with Crippen LogP contribution in [-0.4, -0.2) is 74.1 Å². The Hall–Kier alpha value is -3.57. The number of rotatable bonds is 6. The molecule has 1 saturated heterocycles. The summed E-state index contributed by atoms with van der Waals surface area (Å²) in [6, 6.07) is 12.0. The van der Waals surface area contributed by atoms with Gasteiger partial charge in [-0.05, 0) is 56.2 Å². The lowest BCUT2D eigenvalue weighted by molar-refractivity contribution is 0.0818. The molecule has 2 aliphatic rings. The van der Waals surface area contributed by atoms with Gasteiger partial charge >= 0.3 is 0 Å². The summed E-state index contributed by atoms with van der Waals surface area (Å²) >= 11 is 0. The van der Waals surface area contributed by atoms with E-state index in [2.05, 4.69) is 9.88 Å². The third-order valence-corrected chi connectivity index (χ3v) is 9.45. The quantitative estimate of drug-likeness (QED) is 0.485. The van der Waals surface area contributed by atoms with Crippen molar-refractivity contribution in [2.24, 2.45) is 0 Å². The zero-order valence-electron chi connectivity index (χ0n) is 21.1. The maximum Gasteiger partial charge on any atom is 0.273 e. The molecule has 0 unspecified atom stereocenters. The SMILES string of the molecule is C[C@H]1COCCN1c1cc(C2(S(=O)(=O)c3cccnc3C(=O)N(C)C)CC2)nc(-c2ccc(N)cc2)n1. The largest absolute Gasteiger partial charge is 0.399 e. The van der Waals surface area contributed by atoms with E-state index in [1.165, 1.54) is 23.2 Å². The van der Waals surface area contributed by atoms with Crippen molar-refractivity contribution in [2.45, 2.75) is 35.4 Å². The van der Waals surface area contributed by atoms with Gasteiger partial charge in [-0.15, -0.1) is 0 Å². The second-order valence-corrected chi connectivity index (χ2v) is 11.9. The van der Waals surface area contributed by atoms with Gasteiger partial charge in [0.05, 0.1) is 29.8 Å². The number of aromatic nitrogens is 3. The van der Waals surface area contributed by atoms with Gasteiger partial charge in [-0.3, -0.25) is 4.79 Å².